The summed E-state index contributed by atoms with van der Waals surface area (Å²) in [5.74, 6) is -1.37. The zero-order valence-electron chi connectivity index (χ0n) is 12.0. The van der Waals surface area contributed by atoms with Crippen molar-refractivity contribution in [2.75, 3.05) is 6.61 Å². The lowest BCUT2D eigenvalue weighted by molar-refractivity contribution is -0.150. The van der Waals surface area contributed by atoms with Crippen molar-refractivity contribution in [1.29, 1.82) is 10.5 Å². The van der Waals surface area contributed by atoms with Gasteiger partial charge in [-0.2, -0.15) is 20.7 Å². The van der Waals surface area contributed by atoms with E-state index < -0.39 is 17.3 Å². The van der Waals surface area contributed by atoms with Gasteiger partial charge in [0, 0.05) is 5.92 Å². The number of carbonyl (C=O) groups is 1. The van der Waals surface area contributed by atoms with E-state index in [0.717, 1.165) is 18.5 Å². The Kier molecular flexibility index (Phi) is 4.18. The molecule has 1 aromatic rings. The highest BCUT2D eigenvalue weighted by Crippen LogP contribution is 2.39. The third-order valence-corrected chi connectivity index (χ3v) is 3.75. The second-order valence-corrected chi connectivity index (χ2v) is 5.23. The van der Waals surface area contributed by atoms with Gasteiger partial charge in [0.05, 0.1) is 30.1 Å². The fourth-order valence-electron chi connectivity index (χ4n) is 2.15. The molecule has 2 rings (SSSR count). The molecule has 1 aliphatic carbocycles. The van der Waals surface area contributed by atoms with Crippen LogP contribution in [0.2, 0.25) is 0 Å². The fourth-order valence-corrected chi connectivity index (χ4v) is 2.15. The summed E-state index contributed by atoms with van der Waals surface area (Å²) in [4.78, 5) is 12.3. The van der Waals surface area contributed by atoms with Gasteiger partial charge in [-0.05, 0) is 38.8 Å². The molecule has 0 bridgehead atoms. The van der Waals surface area contributed by atoms with Gasteiger partial charge in [0.1, 0.15) is 5.41 Å². The molecule has 0 saturated heterocycles. The van der Waals surface area contributed by atoms with Gasteiger partial charge >= 0.3 is 5.97 Å². The minimum atomic E-state index is -1.44. The number of aromatic nitrogens is 2. The van der Waals surface area contributed by atoms with E-state index in [1.165, 1.54) is 6.92 Å². The number of nitriles is 2. The molecule has 1 saturated carbocycles. The van der Waals surface area contributed by atoms with E-state index in [4.69, 9.17) is 15.3 Å². The van der Waals surface area contributed by atoms with Crippen molar-refractivity contribution in [1.82, 2.24) is 10.2 Å². The van der Waals surface area contributed by atoms with Crippen LogP contribution in [0.15, 0.2) is 12.1 Å². The second kappa shape index (κ2) is 5.88. The second-order valence-electron chi connectivity index (χ2n) is 5.23. The maximum atomic E-state index is 12.3. The van der Waals surface area contributed by atoms with Gasteiger partial charge in [0.25, 0.3) is 0 Å². The summed E-state index contributed by atoms with van der Waals surface area (Å²) < 4.78 is 5.03. The van der Waals surface area contributed by atoms with Crippen molar-refractivity contribution in [3.05, 3.63) is 23.5 Å². The van der Waals surface area contributed by atoms with Crippen LogP contribution in [0.5, 0.6) is 0 Å². The molecule has 1 aromatic heterocycles. The first-order valence-corrected chi connectivity index (χ1v) is 6.88. The van der Waals surface area contributed by atoms with Gasteiger partial charge in [-0.25, -0.2) is 0 Å². The van der Waals surface area contributed by atoms with E-state index in [-0.39, 0.29) is 6.61 Å². The zero-order valence-corrected chi connectivity index (χ0v) is 12.0. The first-order valence-electron chi connectivity index (χ1n) is 6.88. The smallest absolute Gasteiger partial charge is 0.320 e. The van der Waals surface area contributed by atoms with E-state index in [1.54, 1.807) is 13.0 Å². The maximum absolute atomic E-state index is 12.3. The van der Waals surface area contributed by atoms with Crippen molar-refractivity contribution in [3.8, 4) is 12.1 Å². The van der Waals surface area contributed by atoms with Crippen LogP contribution in [0.25, 0.3) is 0 Å². The third kappa shape index (κ3) is 2.71. The largest absolute Gasteiger partial charge is 0.465 e. The van der Waals surface area contributed by atoms with Crippen molar-refractivity contribution >= 4 is 5.97 Å². The molecule has 0 spiro atoms. The minimum Gasteiger partial charge on any atom is -0.465 e. The van der Waals surface area contributed by atoms with E-state index in [0.29, 0.717) is 11.6 Å². The van der Waals surface area contributed by atoms with E-state index in [2.05, 4.69) is 10.2 Å². The average Bonchev–Trinajstić information content (AvgIpc) is 3.33. The summed E-state index contributed by atoms with van der Waals surface area (Å²) in [6.45, 7) is 3.35. The van der Waals surface area contributed by atoms with Crippen LogP contribution >= 0.6 is 0 Å². The quantitative estimate of drug-likeness (QED) is 0.765. The molecule has 0 radical (unpaired) electrons. The summed E-state index contributed by atoms with van der Waals surface area (Å²) in [6, 6.07) is 7.18. The lowest BCUT2D eigenvalue weighted by Crippen LogP contribution is -2.41. The van der Waals surface area contributed by atoms with Gasteiger partial charge in [-0.1, -0.05) is 0 Å². The number of hydrogen-bond donors (Lipinski definition) is 0. The summed E-state index contributed by atoms with van der Waals surface area (Å²) in [7, 11) is 0. The molecule has 1 atom stereocenters. The van der Waals surface area contributed by atoms with Crippen LogP contribution in [-0.4, -0.2) is 22.8 Å². The molecular weight excluding hydrogens is 268 g/mol. The Balaban J connectivity index is 2.41. The highest BCUT2D eigenvalue weighted by atomic mass is 16.5. The number of hydrogen-bond acceptors (Lipinski definition) is 6. The number of nitrogens with zero attached hydrogens (tertiary/aromatic N) is 4. The average molecular weight is 284 g/mol. The van der Waals surface area contributed by atoms with Crippen LogP contribution in [0.4, 0.5) is 0 Å². The van der Waals surface area contributed by atoms with Crippen molar-refractivity contribution in [2.45, 2.75) is 38.0 Å². The Morgan fingerprint density at radius 3 is 2.52 bits per heavy atom. The van der Waals surface area contributed by atoms with Crippen molar-refractivity contribution < 1.29 is 9.53 Å². The molecule has 6 nitrogen and oxygen atoms in total. The normalized spacial score (nSPS) is 16.6. The fraction of sp³-hybridized carbons (Fsp3) is 0.533. The van der Waals surface area contributed by atoms with Gasteiger partial charge in [0.15, 0.2) is 5.92 Å². The zero-order chi connectivity index (χ0) is 15.5. The van der Waals surface area contributed by atoms with Crippen molar-refractivity contribution in [3.63, 3.8) is 0 Å². The predicted octanol–water partition coefficient (Wildman–Crippen LogP) is 1.84. The SMILES string of the molecule is CCOC(=O)[C@@](C)(c1ccc(C2CC2)nn1)C(C#N)C#N. The predicted molar refractivity (Wildman–Crippen MR) is 72.7 cm³/mol. The Morgan fingerprint density at radius 1 is 1.43 bits per heavy atom. The number of rotatable bonds is 5. The molecule has 1 aliphatic rings. The lowest BCUT2D eigenvalue weighted by atomic mass is 9.75. The van der Waals surface area contributed by atoms with Crippen LogP contribution < -0.4 is 0 Å². The number of esters is 1. The molecule has 0 amide bonds. The summed E-state index contributed by atoms with van der Waals surface area (Å²) in [5.41, 5.74) is -0.261. The minimum absolute atomic E-state index is 0.172. The molecule has 1 fully saturated rings. The maximum Gasteiger partial charge on any atom is 0.320 e. The topological polar surface area (TPSA) is 99.7 Å². The van der Waals surface area contributed by atoms with Gasteiger partial charge in [-0.15, -0.1) is 0 Å². The first-order chi connectivity index (χ1) is 10.1. The van der Waals surface area contributed by atoms with Crippen LogP contribution in [0.3, 0.4) is 0 Å². The van der Waals surface area contributed by atoms with Gasteiger partial charge < -0.3 is 4.74 Å². The van der Waals surface area contributed by atoms with Crippen LogP contribution in [-0.2, 0) is 14.9 Å². The number of ether oxygens (including phenoxy) is 1. The van der Waals surface area contributed by atoms with E-state index >= 15 is 0 Å². The monoisotopic (exact) mass is 284 g/mol. The Morgan fingerprint density at radius 2 is 2.10 bits per heavy atom. The Labute approximate surface area is 123 Å². The standard InChI is InChI=1S/C15H16N4O2/c1-3-21-14(20)15(2,11(8-16)9-17)13-7-6-12(18-19-13)10-4-5-10/h6-7,10-11H,3-5H2,1-2H3/t15-/m1/s1. The highest BCUT2D eigenvalue weighted by molar-refractivity contribution is 5.83. The molecule has 108 valence electrons. The van der Waals surface area contributed by atoms with Gasteiger partial charge in [0.2, 0.25) is 0 Å². The van der Waals surface area contributed by atoms with Crippen LogP contribution in [0, 0.1) is 28.6 Å². The Bertz CT molecular complexity index is 596. The molecule has 0 unspecified atom stereocenters. The molecular formula is C15H16N4O2. The van der Waals surface area contributed by atoms with Crippen molar-refractivity contribution in [2.24, 2.45) is 5.92 Å². The summed E-state index contributed by atoms with van der Waals surface area (Å²) >= 11 is 0. The molecule has 21 heavy (non-hydrogen) atoms. The first kappa shape index (κ1) is 14.9. The molecule has 6 heteroatoms. The van der Waals surface area contributed by atoms with E-state index in [1.807, 2.05) is 18.2 Å². The summed E-state index contributed by atoms with van der Waals surface area (Å²) in [5, 5.41) is 26.5. The lowest BCUT2D eigenvalue weighted by Gasteiger charge is -2.26. The molecule has 1 heterocycles. The molecule has 0 N–H and O–H groups in total. The van der Waals surface area contributed by atoms with Gasteiger partial charge in [-0.3, -0.25) is 4.79 Å². The molecule has 0 aromatic carbocycles. The van der Waals surface area contributed by atoms with E-state index in [9.17, 15) is 4.79 Å². The third-order valence-electron chi connectivity index (χ3n) is 3.75. The Hall–Kier alpha value is -2.47. The molecule has 0 aliphatic heterocycles. The number of carbonyl (C=O) groups excluding carboxylic acids is 1. The highest BCUT2D eigenvalue weighted by Gasteiger charge is 2.47. The van der Waals surface area contributed by atoms with Crippen LogP contribution in [0.1, 0.15) is 44.0 Å². The summed E-state index contributed by atoms with van der Waals surface area (Å²) in [6.07, 6.45) is 2.20.